The molecule has 28 heavy (non-hydrogen) atoms. The van der Waals surface area contributed by atoms with E-state index in [1.54, 1.807) is 17.4 Å². The van der Waals surface area contributed by atoms with E-state index in [4.69, 9.17) is 0 Å². The summed E-state index contributed by atoms with van der Waals surface area (Å²) in [6, 6.07) is 17.8. The molecule has 0 fully saturated rings. The van der Waals surface area contributed by atoms with Gasteiger partial charge in [0.05, 0.1) is 29.7 Å². The molecule has 4 aromatic rings. The van der Waals surface area contributed by atoms with Crippen LogP contribution < -0.4 is 10.5 Å². The Balaban J connectivity index is 1.91. The van der Waals surface area contributed by atoms with E-state index >= 15 is 0 Å². The highest BCUT2D eigenvalue weighted by Gasteiger charge is 2.33. The lowest BCUT2D eigenvalue weighted by Crippen LogP contribution is -2.37. The Bertz CT molecular complexity index is 1170. The monoisotopic (exact) mass is 415 g/mol. The summed E-state index contributed by atoms with van der Waals surface area (Å²) in [5, 5.41) is 6.68. The minimum atomic E-state index is -4.40. The first kappa shape index (κ1) is 19.0. The highest BCUT2D eigenvalue weighted by atomic mass is 32.1. The van der Waals surface area contributed by atoms with Gasteiger partial charge in [0.1, 0.15) is 0 Å². The van der Waals surface area contributed by atoms with Crippen molar-refractivity contribution in [2.45, 2.75) is 25.8 Å². The van der Waals surface area contributed by atoms with Crippen molar-refractivity contribution in [2.75, 3.05) is 5.32 Å². The van der Waals surface area contributed by atoms with E-state index in [2.05, 4.69) is 43.2 Å². The molecule has 3 aromatic carbocycles. The van der Waals surface area contributed by atoms with Crippen molar-refractivity contribution in [2.24, 2.45) is 0 Å². The quantitative estimate of drug-likeness (QED) is 0.345. The molecule has 4 rings (SSSR count). The highest BCUT2D eigenvalue weighted by Crippen LogP contribution is 2.41. The summed E-state index contributed by atoms with van der Waals surface area (Å²) in [6.45, 7) is 6.93. The first-order valence-electron chi connectivity index (χ1n) is 9.04. The van der Waals surface area contributed by atoms with Gasteiger partial charge in [0.25, 0.3) is 0 Å². The summed E-state index contributed by atoms with van der Waals surface area (Å²) in [7, 11) is -1.54. The lowest BCUT2D eigenvalue weighted by molar-refractivity contribution is -0.136. The Morgan fingerprint density at radius 3 is 2.04 bits per heavy atom. The van der Waals surface area contributed by atoms with Crippen LogP contribution >= 0.6 is 11.3 Å². The molecule has 0 atom stereocenters. The average molecular weight is 416 g/mol. The molecule has 6 heteroatoms. The Morgan fingerprint density at radius 1 is 0.750 bits per heavy atom. The molecule has 0 aliphatic rings. The molecule has 0 unspecified atom stereocenters. The van der Waals surface area contributed by atoms with E-state index in [1.165, 1.54) is 27.4 Å². The predicted octanol–water partition coefficient (Wildman–Crippen LogP) is 7.36. The Hall–Kier alpha value is -2.31. The largest absolute Gasteiger partial charge is 0.418 e. The summed E-state index contributed by atoms with van der Waals surface area (Å²) in [6.07, 6.45) is -4.40. The number of fused-ring (bicyclic) bond motifs is 3. The minimum Gasteiger partial charge on any atom is -0.354 e. The van der Waals surface area contributed by atoms with Gasteiger partial charge in [0.2, 0.25) is 0 Å². The fourth-order valence-electron chi connectivity index (χ4n) is 3.49. The maximum atomic E-state index is 13.4. The number of rotatable bonds is 3. The van der Waals surface area contributed by atoms with Gasteiger partial charge in [-0.3, -0.25) is 0 Å². The molecule has 0 amide bonds. The van der Waals surface area contributed by atoms with Crippen LogP contribution in [-0.2, 0) is 6.18 Å². The Labute approximate surface area is 166 Å². The second-order valence-corrected chi connectivity index (χ2v) is 13.9. The van der Waals surface area contributed by atoms with E-state index in [0.717, 1.165) is 16.2 Å². The zero-order valence-electron chi connectivity index (χ0n) is 15.8. The molecule has 144 valence electrons. The molecule has 0 aliphatic heterocycles. The summed E-state index contributed by atoms with van der Waals surface area (Å²) < 4.78 is 42.4. The first-order chi connectivity index (χ1) is 13.2. The number of para-hydroxylation sites is 1. The minimum absolute atomic E-state index is 0.0744. The number of anilines is 2. The van der Waals surface area contributed by atoms with Gasteiger partial charge in [0, 0.05) is 15.5 Å². The van der Waals surface area contributed by atoms with E-state index < -0.39 is 19.8 Å². The van der Waals surface area contributed by atoms with Crippen molar-refractivity contribution in [1.82, 2.24) is 0 Å². The van der Waals surface area contributed by atoms with Crippen LogP contribution in [0.4, 0.5) is 24.5 Å². The Kier molecular flexibility index (Phi) is 4.51. The molecular formula is C22H20F3NSSi. The van der Waals surface area contributed by atoms with E-state index in [0.29, 0.717) is 5.69 Å². The van der Waals surface area contributed by atoms with Crippen LogP contribution in [0.2, 0.25) is 19.6 Å². The normalized spacial score (nSPS) is 12.6. The van der Waals surface area contributed by atoms with Gasteiger partial charge in [-0.1, -0.05) is 62.1 Å². The lowest BCUT2D eigenvalue weighted by Gasteiger charge is -2.17. The fraction of sp³-hybridized carbons (Fsp3) is 0.182. The van der Waals surface area contributed by atoms with Crippen molar-refractivity contribution in [1.29, 1.82) is 0 Å². The first-order valence-corrected chi connectivity index (χ1v) is 13.4. The number of halogens is 3. The molecule has 0 radical (unpaired) electrons. The molecule has 0 saturated carbocycles. The van der Waals surface area contributed by atoms with Gasteiger partial charge in [-0.2, -0.15) is 13.2 Å². The van der Waals surface area contributed by atoms with Gasteiger partial charge in [-0.25, -0.2) is 0 Å². The van der Waals surface area contributed by atoms with Gasteiger partial charge in [0.15, 0.2) is 0 Å². The summed E-state index contributed by atoms with van der Waals surface area (Å²) >= 11 is 1.67. The number of hydrogen-bond acceptors (Lipinski definition) is 2. The molecule has 0 bridgehead atoms. The zero-order chi connectivity index (χ0) is 20.1. The molecule has 0 saturated heterocycles. The maximum Gasteiger partial charge on any atom is 0.418 e. The van der Waals surface area contributed by atoms with Crippen LogP contribution in [0.3, 0.4) is 0 Å². The SMILES string of the molecule is C[Si](C)(C)c1cccc2c1sc1c(Nc3ccccc3C(F)(F)F)cccc12. The van der Waals surface area contributed by atoms with Crippen LogP contribution in [-0.4, -0.2) is 8.07 Å². The third-order valence-electron chi connectivity index (χ3n) is 4.83. The number of nitrogens with one attached hydrogen (secondary N) is 1. The molecule has 0 aliphatic carbocycles. The third kappa shape index (κ3) is 3.31. The number of hydrogen-bond donors (Lipinski definition) is 1. The lowest BCUT2D eigenvalue weighted by atomic mass is 10.1. The zero-order valence-corrected chi connectivity index (χ0v) is 17.6. The molecule has 1 nitrogen and oxygen atoms in total. The van der Waals surface area contributed by atoms with Crippen LogP contribution in [0, 0.1) is 0 Å². The van der Waals surface area contributed by atoms with Crippen LogP contribution in [0.25, 0.3) is 20.2 Å². The second-order valence-electron chi connectivity index (χ2n) is 7.88. The number of thiophene rings is 1. The summed E-state index contributed by atoms with van der Waals surface area (Å²) in [5.41, 5.74) is 0.123. The van der Waals surface area contributed by atoms with Crippen molar-refractivity contribution in [3.05, 3.63) is 66.2 Å². The molecule has 1 aromatic heterocycles. The van der Waals surface area contributed by atoms with Gasteiger partial charge in [-0.15, -0.1) is 11.3 Å². The van der Waals surface area contributed by atoms with Crippen molar-refractivity contribution in [3.63, 3.8) is 0 Å². The summed E-state index contributed by atoms with van der Waals surface area (Å²) in [5.74, 6) is 0. The summed E-state index contributed by atoms with van der Waals surface area (Å²) in [4.78, 5) is 0. The van der Waals surface area contributed by atoms with E-state index in [-0.39, 0.29) is 5.69 Å². The van der Waals surface area contributed by atoms with Crippen LogP contribution in [0.5, 0.6) is 0 Å². The van der Waals surface area contributed by atoms with Gasteiger partial charge < -0.3 is 5.32 Å². The van der Waals surface area contributed by atoms with E-state index in [1.807, 2.05) is 18.2 Å². The van der Waals surface area contributed by atoms with Crippen LogP contribution in [0.15, 0.2) is 60.7 Å². The number of benzene rings is 3. The van der Waals surface area contributed by atoms with Gasteiger partial charge >= 0.3 is 6.18 Å². The molecule has 1 N–H and O–H groups in total. The highest BCUT2D eigenvalue weighted by molar-refractivity contribution is 7.28. The second kappa shape index (κ2) is 6.64. The molecule has 0 spiro atoms. The standard InChI is InChI=1S/C22H20F3NSSi/c1-28(2,3)19-13-7-9-15-14-8-6-12-18(20(14)27-21(15)19)26-17-11-5-4-10-16(17)22(23,24)25/h4-13,26H,1-3H3. The van der Waals surface area contributed by atoms with Crippen molar-refractivity contribution in [3.8, 4) is 0 Å². The molecule has 1 heterocycles. The average Bonchev–Trinajstić information content (AvgIpc) is 3.00. The maximum absolute atomic E-state index is 13.4. The Morgan fingerprint density at radius 2 is 1.36 bits per heavy atom. The fourth-order valence-corrected chi connectivity index (χ4v) is 7.16. The van der Waals surface area contributed by atoms with Crippen molar-refractivity contribution < 1.29 is 13.2 Å². The number of alkyl halides is 3. The van der Waals surface area contributed by atoms with Crippen molar-refractivity contribution >= 4 is 56.1 Å². The smallest absolute Gasteiger partial charge is 0.354 e. The van der Waals surface area contributed by atoms with E-state index in [9.17, 15) is 13.2 Å². The predicted molar refractivity (Wildman–Crippen MR) is 117 cm³/mol. The van der Waals surface area contributed by atoms with Crippen LogP contribution in [0.1, 0.15) is 5.56 Å². The van der Waals surface area contributed by atoms with Gasteiger partial charge in [-0.05, 0) is 23.4 Å². The third-order valence-corrected chi connectivity index (χ3v) is 8.34. The topological polar surface area (TPSA) is 12.0 Å². The molecular weight excluding hydrogens is 395 g/mol.